The van der Waals surface area contributed by atoms with E-state index in [0.717, 1.165) is 10.6 Å². The third-order valence-electron chi connectivity index (χ3n) is 1.43. The van der Waals surface area contributed by atoms with Crippen LogP contribution in [0.25, 0.3) is 0 Å². The minimum atomic E-state index is 0.188. The molecule has 0 aromatic carbocycles. The number of nitrogens with one attached hydrogen (secondary N) is 1. The summed E-state index contributed by atoms with van der Waals surface area (Å²) in [4.78, 5) is 2.39. The maximum atomic E-state index is 5.24. The molecule has 1 aromatic heterocycles. The van der Waals surface area contributed by atoms with E-state index in [0.29, 0.717) is 0 Å². The fraction of sp³-hybridized carbons (Fsp3) is 0.250. The molecule has 70 valence electrons. The van der Waals surface area contributed by atoms with Crippen molar-refractivity contribution in [3.8, 4) is 0 Å². The summed E-state index contributed by atoms with van der Waals surface area (Å²) in [7, 11) is 0. The molecule has 0 atom stereocenters. The molecular formula is C8H11N3S2. The van der Waals surface area contributed by atoms with E-state index < -0.39 is 0 Å². The Kier molecular flexibility index (Phi) is 3.39. The molecule has 13 heavy (non-hydrogen) atoms. The van der Waals surface area contributed by atoms with Gasteiger partial charge in [-0.05, 0) is 38.2 Å². The van der Waals surface area contributed by atoms with Gasteiger partial charge in [0, 0.05) is 4.88 Å². The SMILES string of the molecule is C/C(=N\NC(N)=S)c1ccc(C)s1. The molecule has 5 heteroatoms. The van der Waals surface area contributed by atoms with Crippen LogP contribution in [0, 0.1) is 6.92 Å². The lowest BCUT2D eigenvalue weighted by Gasteiger charge is -1.97. The molecule has 0 saturated carbocycles. The molecule has 0 aliphatic rings. The molecule has 0 amide bonds. The van der Waals surface area contributed by atoms with Gasteiger partial charge in [0.15, 0.2) is 5.11 Å². The van der Waals surface area contributed by atoms with Gasteiger partial charge >= 0.3 is 0 Å². The van der Waals surface area contributed by atoms with Gasteiger partial charge in [-0.15, -0.1) is 11.3 Å². The van der Waals surface area contributed by atoms with Gasteiger partial charge in [0.05, 0.1) is 10.6 Å². The van der Waals surface area contributed by atoms with Gasteiger partial charge in [0.2, 0.25) is 0 Å². The van der Waals surface area contributed by atoms with E-state index in [9.17, 15) is 0 Å². The molecule has 0 unspecified atom stereocenters. The van der Waals surface area contributed by atoms with Gasteiger partial charge < -0.3 is 5.73 Å². The molecule has 3 N–H and O–H groups in total. The Bertz CT molecular complexity index is 341. The molecule has 0 saturated heterocycles. The van der Waals surface area contributed by atoms with Crippen molar-refractivity contribution in [2.45, 2.75) is 13.8 Å². The van der Waals surface area contributed by atoms with Gasteiger partial charge in [-0.1, -0.05) is 0 Å². The second-order valence-corrected chi connectivity index (χ2v) is 4.31. The number of thiophene rings is 1. The van der Waals surface area contributed by atoms with Crippen LogP contribution in [0.3, 0.4) is 0 Å². The zero-order chi connectivity index (χ0) is 9.84. The Balaban J connectivity index is 2.72. The zero-order valence-corrected chi connectivity index (χ0v) is 9.13. The smallest absolute Gasteiger partial charge is 0.184 e. The lowest BCUT2D eigenvalue weighted by molar-refractivity contribution is 1.03. The number of hydrogen-bond acceptors (Lipinski definition) is 3. The van der Waals surface area contributed by atoms with Crippen LogP contribution in [0.5, 0.6) is 0 Å². The van der Waals surface area contributed by atoms with E-state index in [2.05, 4.69) is 35.7 Å². The molecule has 0 aliphatic carbocycles. The fourth-order valence-corrected chi connectivity index (χ4v) is 1.68. The van der Waals surface area contributed by atoms with Crippen molar-refractivity contribution in [2.24, 2.45) is 10.8 Å². The Morgan fingerprint density at radius 1 is 1.62 bits per heavy atom. The molecule has 0 fully saturated rings. The van der Waals surface area contributed by atoms with Gasteiger partial charge in [-0.25, -0.2) is 0 Å². The number of rotatable bonds is 2. The number of hydrogen-bond donors (Lipinski definition) is 2. The summed E-state index contributed by atoms with van der Waals surface area (Å²) < 4.78 is 0. The molecular weight excluding hydrogens is 202 g/mol. The maximum absolute atomic E-state index is 5.24. The minimum absolute atomic E-state index is 0.188. The van der Waals surface area contributed by atoms with Crippen LogP contribution in [-0.4, -0.2) is 10.8 Å². The van der Waals surface area contributed by atoms with Crippen LogP contribution in [0.2, 0.25) is 0 Å². The number of thiocarbonyl (C=S) groups is 1. The highest BCUT2D eigenvalue weighted by atomic mass is 32.1. The first-order chi connectivity index (χ1) is 6.09. The third-order valence-corrected chi connectivity index (χ3v) is 2.63. The third kappa shape index (κ3) is 3.12. The first kappa shape index (κ1) is 10.1. The maximum Gasteiger partial charge on any atom is 0.184 e. The number of hydrazone groups is 1. The van der Waals surface area contributed by atoms with E-state index in [1.807, 2.05) is 13.0 Å². The Hall–Kier alpha value is -0.940. The summed E-state index contributed by atoms with van der Waals surface area (Å²) in [6.07, 6.45) is 0. The summed E-state index contributed by atoms with van der Waals surface area (Å²) in [5.74, 6) is 0. The van der Waals surface area contributed by atoms with Crippen molar-refractivity contribution >= 4 is 34.4 Å². The number of nitrogens with two attached hydrogens (primary N) is 1. The van der Waals surface area contributed by atoms with E-state index in [4.69, 9.17) is 5.73 Å². The quantitative estimate of drug-likeness (QED) is 0.446. The average molecular weight is 213 g/mol. The highest BCUT2D eigenvalue weighted by Crippen LogP contribution is 2.15. The first-order valence-corrected chi connectivity index (χ1v) is 4.98. The van der Waals surface area contributed by atoms with E-state index in [1.54, 1.807) is 11.3 Å². The molecule has 3 nitrogen and oxygen atoms in total. The summed E-state index contributed by atoms with van der Waals surface area (Å²) in [6, 6.07) is 4.08. The van der Waals surface area contributed by atoms with Gasteiger partial charge in [0.25, 0.3) is 0 Å². The summed E-state index contributed by atoms with van der Waals surface area (Å²) in [5, 5.41) is 4.21. The average Bonchev–Trinajstić information content (AvgIpc) is 2.47. The molecule has 1 aromatic rings. The van der Waals surface area contributed by atoms with Crippen LogP contribution in [0.1, 0.15) is 16.7 Å². The van der Waals surface area contributed by atoms with Crippen molar-refractivity contribution < 1.29 is 0 Å². The minimum Gasteiger partial charge on any atom is -0.375 e. The summed E-state index contributed by atoms with van der Waals surface area (Å²) in [6.45, 7) is 3.97. The van der Waals surface area contributed by atoms with Crippen LogP contribution in [-0.2, 0) is 0 Å². The van der Waals surface area contributed by atoms with Crippen LogP contribution in [0.4, 0.5) is 0 Å². The highest BCUT2D eigenvalue weighted by molar-refractivity contribution is 7.80. The van der Waals surface area contributed by atoms with E-state index in [-0.39, 0.29) is 5.11 Å². The van der Waals surface area contributed by atoms with Gasteiger partial charge in [-0.2, -0.15) is 5.10 Å². The number of aryl methyl sites for hydroxylation is 1. The summed E-state index contributed by atoms with van der Waals surface area (Å²) in [5.41, 5.74) is 8.69. The van der Waals surface area contributed by atoms with Gasteiger partial charge in [-0.3, -0.25) is 5.43 Å². The molecule has 0 aliphatic heterocycles. The standard InChI is InChI=1S/C8H11N3S2/c1-5-3-4-7(13-5)6(2)10-11-8(9)12/h3-4H,1-2H3,(H3,9,11,12)/b10-6+. The monoisotopic (exact) mass is 213 g/mol. The fourth-order valence-electron chi connectivity index (χ4n) is 0.823. The predicted octanol–water partition coefficient (Wildman–Crippen LogP) is 1.61. The second-order valence-electron chi connectivity index (χ2n) is 2.58. The largest absolute Gasteiger partial charge is 0.375 e. The normalized spacial score (nSPS) is 11.4. The second kappa shape index (κ2) is 4.34. The predicted molar refractivity (Wildman–Crippen MR) is 61.2 cm³/mol. The number of nitrogens with zero attached hydrogens (tertiary/aromatic N) is 1. The Labute approximate surface area is 86.6 Å². The highest BCUT2D eigenvalue weighted by Gasteiger charge is 1.99. The lowest BCUT2D eigenvalue weighted by atomic mass is 10.3. The van der Waals surface area contributed by atoms with Crippen LogP contribution >= 0.6 is 23.6 Å². The Morgan fingerprint density at radius 2 is 2.31 bits per heavy atom. The molecule has 0 radical (unpaired) electrons. The van der Waals surface area contributed by atoms with Crippen molar-refractivity contribution in [1.82, 2.24) is 5.43 Å². The topological polar surface area (TPSA) is 50.4 Å². The van der Waals surface area contributed by atoms with Crippen LogP contribution in [0.15, 0.2) is 17.2 Å². The van der Waals surface area contributed by atoms with Crippen LogP contribution < -0.4 is 11.2 Å². The van der Waals surface area contributed by atoms with Gasteiger partial charge in [0.1, 0.15) is 0 Å². The molecule has 1 heterocycles. The first-order valence-electron chi connectivity index (χ1n) is 3.76. The molecule has 1 rings (SSSR count). The van der Waals surface area contributed by atoms with Crippen molar-refractivity contribution in [2.75, 3.05) is 0 Å². The molecule has 0 bridgehead atoms. The lowest BCUT2D eigenvalue weighted by Crippen LogP contribution is -2.25. The summed E-state index contributed by atoms with van der Waals surface area (Å²) >= 11 is 6.32. The zero-order valence-electron chi connectivity index (χ0n) is 7.50. The van der Waals surface area contributed by atoms with Crippen molar-refractivity contribution in [3.05, 3.63) is 21.9 Å². The van der Waals surface area contributed by atoms with E-state index in [1.165, 1.54) is 4.88 Å². The van der Waals surface area contributed by atoms with E-state index >= 15 is 0 Å². The molecule has 0 spiro atoms. The van der Waals surface area contributed by atoms with Crippen molar-refractivity contribution in [1.29, 1.82) is 0 Å². The van der Waals surface area contributed by atoms with Crippen molar-refractivity contribution in [3.63, 3.8) is 0 Å². The Morgan fingerprint density at radius 3 is 2.77 bits per heavy atom.